The Morgan fingerprint density at radius 1 is 1.15 bits per heavy atom. The van der Waals surface area contributed by atoms with E-state index in [2.05, 4.69) is 15.5 Å². The molecular weight excluding hydrogens is 257 g/mol. The lowest BCUT2D eigenvalue weighted by Crippen LogP contribution is -2.38. The second-order valence-electron chi connectivity index (χ2n) is 5.13. The molecule has 0 unspecified atom stereocenters. The van der Waals surface area contributed by atoms with Crippen LogP contribution in [0.25, 0.3) is 0 Å². The van der Waals surface area contributed by atoms with Gasteiger partial charge in [-0.1, -0.05) is 6.42 Å². The minimum atomic E-state index is -0.303. The number of amides is 1. The predicted molar refractivity (Wildman–Crippen MR) is 78.2 cm³/mol. The number of piperidine rings is 1. The van der Waals surface area contributed by atoms with Crippen LogP contribution in [0.2, 0.25) is 0 Å². The molecule has 5 heteroatoms. The summed E-state index contributed by atoms with van der Waals surface area (Å²) in [6.45, 7) is 4.43. The standard InChI is InChI=1S/C15H22FN3O/c16-13-4-6-14(7-5-13)18-15(20)12-17-8-11-19-9-2-1-3-10-19/h4-7,17H,1-3,8-12H2,(H,18,20). The van der Waals surface area contributed by atoms with Crippen LogP contribution in [0.3, 0.4) is 0 Å². The lowest BCUT2D eigenvalue weighted by molar-refractivity contribution is -0.115. The number of hydrogen-bond donors (Lipinski definition) is 2. The Balaban J connectivity index is 1.59. The van der Waals surface area contributed by atoms with Crippen molar-refractivity contribution in [1.82, 2.24) is 10.2 Å². The van der Waals surface area contributed by atoms with Crippen molar-refractivity contribution >= 4 is 11.6 Å². The molecular formula is C15H22FN3O. The number of nitrogens with zero attached hydrogens (tertiary/aromatic N) is 1. The number of nitrogens with one attached hydrogen (secondary N) is 2. The molecule has 0 spiro atoms. The fourth-order valence-corrected chi connectivity index (χ4v) is 2.36. The van der Waals surface area contributed by atoms with Crippen molar-refractivity contribution in [2.24, 2.45) is 0 Å². The molecule has 20 heavy (non-hydrogen) atoms. The number of halogens is 1. The van der Waals surface area contributed by atoms with Crippen molar-refractivity contribution in [3.63, 3.8) is 0 Å². The van der Waals surface area contributed by atoms with Crippen molar-refractivity contribution < 1.29 is 9.18 Å². The lowest BCUT2D eigenvalue weighted by atomic mass is 10.1. The van der Waals surface area contributed by atoms with Gasteiger partial charge in [0.1, 0.15) is 5.82 Å². The average Bonchev–Trinajstić information content (AvgIpc) is 2.47. The normalized spacial score (nSPS) is 16.1. The molecule has 0 saturated carbocycles. The summed E-state index contributed by atoms with van der Waals surface area (Å²) in [6, 6.07) is 5.78. The Hall–Kier alpha value is -1.46. The highest BCUT2D eigenvalue weighted by molar-refractivity contribution is 5.92. The molecule has 2 N–H and O–H groups in total. The third-order valence-electron chi connectivity index (χ3n) is 3.47. The van der Waals surface area contributed by atoms with Gasteiger partial charge in [-0.2, -0.15) is 0 Å². The molecule has 1 fully saturated rings. The van der Waals surface area contributed by atoms with E-state index in [9.17, 15) is 9.18 Å². The highest BCUT2D eigenvalue weighted by Gasteiger charge is 2.09. The van der Waals surface area contributed by atoms with Crippen LogP contribution in [0.4, 0.5) is 10.1 Å². The molecule has 1 aliphatic heterocycles. The van der Waals surface area contributed by atoms with Gasteiger partial charge >= 0.3 is 0 Å². The van der Waals surface area contributed by atoms with Gasteiger partial charge in [0, 0.05) is 18.8 Å². The molecule has 1 aromatic rings. The molecule has 0 bridgehead atoms. The quantitative estimate of drug-likeness (QED) is 0.781. The van der Waals surface area contributed by atoms with Gasteiger partial charge in [-0.05, 0) is 50.2 Å². The Bertz CT molecular complexity index is 416. The van der Waals surface area contributed by atoms with Gasteiger partial charge in [-0.3, -0.25) is 4.79 Å². The zero-order valence-corrected chi connectivity index (χ0v) is 11.7. The molecule has 4 nitrogen and oxygen atoms in total. The fraction of sp³-hybridized carbons (Fsp3) is 0.533. The van der Waals surface area contributed by atoms with Crippen molar-refractivity contribution in [1.29, 1.82) is 0 Å². The fourth-order valence-electron chi connectivity index (χ4n) is 2.36. The molecule has 0 aliphatic carbocycles. The second-order valence-corrected chi connectivity index (χ2v) is 5.13. The van der Waals surface area contributed by atoms with Crippen LogP contribution < -0.4 is 10.6 Å². The summed E-state index contributed by atoms with van der Waals surface area (Å²) in [7, 11) is 0. The summed E-state index contributed by atoms with van der Waals surface area (Å²) >= 11 is 0. The van der Waals surface area contributed by atoms with Crippen LogP contribution in [0, 0.1) is 5.82 Å². The first-order chi connectivity index (χ1) is 9.74. The van der Waals surface area contributed by atoms with Crippen LogP contribution in [0.15, 0.2) is 24.3 Å². The number of carbonyl (C=O) groups excluding carboxylic acids is 1. The SMILES string of the molecule is O=C(CNCCN1CCCCC1)Nc1ccc(F)cc1. The van der Waals surface area contributed by atoms with Gasteiger partial charge in [0.15, 0.2) is 0 Å². The zero-order valence-electron chi connectivity index (χ0n) is 11.7. The minimum absolute atomic E-state index is 0.102. The van der Waals surface area contributed by atoms with Crippen molar-refractivity contribution in [2.45, 2.75) is 19.3 Å². The Morgan fingerprint density at radius 2 is 1.85 bits per heavy atom. The largest absolute Gasteiger partial charge is 0.325 e. The van der Waals surface area contributed by atoms with Gasteiger partial charge in [0.25, 0.3) is 0 Å². The maximum absolute atomic E-state index is 12.7. The number of anilines is 1. The molecule has 0 radical (unpaired) electrons. The van der Waals surface area contributed by atoms with Gasteiger partial charge in [0.05, 0.1) is 6.54 Å². The first kappa shape index (κ1) is 14.9. The average molecular weight is 279 g/mol. The summed E-state index contributed by atoms with van der Waals surface area (Å²) in [6.07, 6.45) is 3.90. The molecule has 110 valence electrons. The van der Waals surface area contributed by atoms with E-state index in [1.807, 2.05) is 0 Å². The van der Waals surface area contributed by atoms with Crippen LogP contribution in [-0.2, 0) is 4.79 Å². The predicted octanol–water partition coefficient (Wildman–Crippen LogP) is 1.84. The number of rotatable bonds is 6. The Morgan fingerprint density at radius 3 is 2.55 bits per heavy atom. The first-order valence-electron chi connectivity index (χ1n) is 7.22. The maximum Gasteiger partial charge on any atom is 0.238 e. The van der Waals surface area contributed by atoms with Gasteiger partial charge in [0.2, 0.25) is 5.91 Å². The van der Waals surface area contributed by atoms with E-state index >= 15 is 0 Å². The number of carbonyl (C=O) groups is 1. The van der Waals surface area contributed by atoms with E-state index in [0.717, 1.165) is 13.1 Å². The highest BCUT2D eigenvalue weighted by atomic mass is 19.1. The first-order valence-corrected chi connectivity index (χ1v) is 7.22. The zero-order chi connectivity index (χ0) is 14.2. The summed E-state index contributed by atoms with van der Waals surface area (Å²) in [5.41, 5.74) is 0.620. The van der Waals surface area contributed by atoms with Gasteiger partial charge in [-0.15, -0.1) is 0 Å². The second kappa shape index (κ2) is 7.97. The van der Waals surface area contributed by atoms with Crippen LogP contribution >= 0.6 is 0 Å². The highest BCUT2D eigenvalue weighted by Crippen LogP contribution is 2.08. The molecule has 2 rings (SSSR count). The molecule has 1 saturated heterocycles. The maximum atomic E-state index is 12.7. The summed E-state index contributed by atoms with van der Waals surface area (Å²) in [4.78, 5) is 14.1. The molecule has 1 heterocycles. The molecule has 1 aliphatic rings. The summed E-state index contributed by atoms with van der Waals surface area (Å²) in [5, 5.41) is 5.86. The van der Waals surface area contributed by atoms with E-state index in [4.69, 9.17) is 0 Å². The Kier molecular flexibility index (Phi) is 5.95. The number of likely N-dealkylation sites (tertiary alicyclic amines) is 1. The van der Waals surface area contributed by atoms with E-state index in [1.54, 1.807) is 12.1 Å². The van der Waals surface area contributed by atoms with E-state index < -0.39 is 0 Å². The lowest BCUT2D eigenvalue weighted by Gasteiger charge is -2.26. The van der Waals surface area contributed by atoms with Crippen LogP contribution in [0.1, 0.15) is 19.3 Å². The molecule has 1 amide bonds. The third-order valence-corrected chi connectivity index (χ3v) is 3.47. The number of hydrogen-bond acceptors (Lipinski definition) is 3. The monoisotopic (exact) mass is 279 g/mol. The van der Waals surface area contributed by atoms with E-state index in [-0.39, 0.29) is 18.3 Å². The minimum Gasteiger partial charge on any atom is -0.325 e. The van der Waals surface area contributed by atoms with E-state index in [1.165, 1.54) is 44.5 Å². The smallest absolute Gasteiger partial charge is 0.238 e. The summed E-state index contributed by atoms with van der Waals surface area (Å²) in [5.74, 6) is -0.405. The third kappa shape index (κ3) is 5.27. The van der Waals surface area contributed by atoms with Crippen LogP contribution in [0.5, 0.6) is 0 Å². The van der Waals surface area contributed by atoms with Gasteiger partial charge < -0.3 is 15.5 Å². The van der Waals surface area contributed by atoms with Gasteiger partial charge in [-0.25, -0.2) is 4.39 Å². The Labute approximate surface area is 119 Å². The molecule has 1 aromatic carbocycles. The molecule has 0 atom stereocenters. The topological polar surface area (TPSA) is 44.4 Å². The van der Waals surface area contributed by atoms with Crippen LogP contribution in [-0.4, -0.2) is 43.5 Å². The van der Waals surface area contributed by atoms with E-state index in [0.29, 0.717) is 5.69 Å². The van der Waals surface area contributed by atoms with Crippen molar-refractivity contribution in [2.75, 3.05) is 38.0 Å². The summed E-state index contributed by atoms with van der Waals surface area (Å²) < 4.78 is 12.7. The van der Waals surface area contributed by atoms with Crippen molar-refractivity contribution in [3.05, 3.63) is 30.1 Å². The number of benzene rings is 1. The van der Waals surface area contributed by atoms with Crippen molar-refractivity contribution in [3.8, 4) is 0 Å². The molecule has 0 aromatic heterocycles.